The predicted molar refractivity (Wildman–Crippen MR) is 49.2 cm³/mol. The van der Waals surface area contributed by atoms with Gasteiger partial charge in [0.25, 0.3) is 0 Å². The van der Waals surface area contributed by atoms with Crippen molar-refractivity contribution in [3.8, 4) is 0 Å². The Morgan fingerprint density at radius 3 is 3.00 bits per heavy atom. The molecule has 0 spiro atoms. The van der Waals surface area contributed by atoms with E-state index in [0.717, 1.165) is 23.4 Å². The maximum Gasteiger partial charge on any atom is 0.154 e. The number of aryl methyl sites for hydroxylation is 2. The number of fused-ring (bicyclic) bond motifs is 1. The lowest BCUT2D eigenvalue weighted by Gasteiger charge is -2.11. The molecule has 4 nitrogen and oxygen atoms in total. The van der Waals surface area contributed by atoms with E-state index < -0.39 is 9.84 Å². The van der Waals surface area contributed by atoms with E-state index in [4.69, 9.17) is 0 Å². The summed E-state index contributed by atoms with van der Waals surface area (Å²) in [4.78, 5) is 0. The Hall–Kier alpha value is -0.840. The van der Waals surface area contributed by atoms with E-state index in [1.54, 1.807) is 0 Å². The third-order valence-electron chi connectivity index (χ3n) is 2.40. The molecule has 1 aliphatic heterocycles. The Morgan fingerprint density at radius 2 is 2.31 bits per heavy atom. The van der Waals surface area contributed by atoms with E-state index in [2.05, 4.69) is 10.2 Å². The fourth-order valence-electron chi connectivity index (χ4n) is 1.66. The quantitative estimate of drug-likeness (QED) is 0.715. The average Bonchev–Trinajstić information content (AvgIpc) is 2.44. The first-order chi connectivity index (χ1) is 6.12. The van der Waals surface area contributed by atoms with Crippen LogP contribution in [0.2, 0.25) is 0 Å². The molecule has 0 bridgehead atoms. The number of H-pyrrole nitrogens is 1. The van der Waals surface area contributed by atoms with Crippen molar-refractivity contribution in [2.24, 2.45) is 0 Å². The van der Waals surface area contributed by atoms with Crippen molar-refractivity contribution in [2.45, 2.75) is 25.5 Å². The van der Waals surface area contributed by atoms with E-state index in [1.807, 2.05) is 6.92 Å². The Labute approximate surface area is 77.3 Å². The maximum atomic E-state index is 11.3. The summed E-state index contributed by atoms with van der Waals surface area (Å²) in [6.45, 7) is 1.98. The van der Waals surface area contributed by atoms with Crippen LogP contribution < -0.4 is 0 Å². The van der Waals surface area contributed by atoms with Crippen LogP contribution in [-0.4, -0.2) is 24.4 Å². The van der Waals surface area contributed by atoms with Crippen LogP contribution in [0.5, 0.6) is 0 Å². The Kier molecular flexibility index (Phi) is 1.91. The summed E-state index contributed by atoms with van der Waals surface area (Å²) in [5, 5.41) is 6.99. The van der Waals surface area contributed by atoms with Gasteiger partial charge in [0.1, 0.15) is 0 Å². The standard InChI is InChI=1S/C8H12N2O2S/c1-2-7-6-5-13(11,12)4-3-8(6)10-9-7/h2-5H2,1H3,(H,9,10). The highest BCUT2D eigenvalue weighted by Crippen LogP contribution is 2.21. The molecule has 72 valence electrons. The van der Waals surface area contributed by atoms with E-state index in [1.165, 1.54) is 0 Å². The third kappa shape index (κ3) is 1.48. The van der Waals surface area contributed by atoms with Gasteiger partial charge in [0.05, 0.1) is 17.2 Å². The molecule has 0 aromatic carbocycles. The van der Waals surface area contributed by atoms with Gasteiger partial charge >= 0.3 is 0 Å². The highest BCUT2D eigenvalue weighted by Gasteiger charge is 2.25. The normalized spacial score (nSPS) is 19.8. The summed E-state index contributed by atoms with van der Waals surface area (Å²) in [5.41, 5.74) is 2.82. The van der Waals surface area contributed by atoms with Crippen LogP contribution in [0.1, 0.15) is 23.9 Å². The second kappa shape index (κ2) is 2.83. The van der Waals surface area contributed by atoms with E-state index >= 15 is 0 Å². The number of aromatic nitrogens is 2. The molecule has 0 saturated heterocycles. The molecule has 0 radical (unpaired) electrons. The highest BCUT2D eigenvalue weighted by molar-refractivity contribution is 7.90. The zero-order valence-corrected chi connectivity index (χ0v) is 8.32. The molecular formula is C8H12N2O2S. The summed E-state index contributed by atoms with van der Waals surface area (Å²) in [6.07, 6.45) is 1.38. The SMILES string of the molecule is CCc1n[nH]c2c1CS(=O)(=O)CC2. The van der Waals surface area contributed by atoms with Crippen LogP contribution in [0.3, 0.4) is 0 Å². The zero-order chi connectivity index (χ0) is 9.47. The fourth-order valence-corrected chi connectivity index (χ4v) is 3.10. The number of nitrogens with one attached hydrogen (secondary N) is 1. The lowest BCUT2D eigenvalue weighted by Crippen LogP contribution is -2.18. The lowest BCUT2D eigenvalue weighted by atomic mass is 10.1. The van der Waals surface area contributed by atoms with E-state index in [9.17, 15) is 8.42 Å². The first-order valence-electron chi connectivity index (χ1n) is 4.38. The molecule has 2 rings (SSSR count). The van der Waals surface area contributed by atoms with Gasteiger partial charge in [0.15, 0.2) is 9.84 Å². The minimum atomic E-state index is -2.86. The van der Waals surface area contributed by atoms with Crippen LogP contribution in [0.15, 0.2) is 0 Å². The Bertz CT molecular complexity index is 406. The minimum absolute atomic E-state index is 0.169. The minimum Gasteiger partial charge on any atom is -0.282 e. The van der Waals surface area contributed by atoms with Gasteiger partial charge in [0, 0.05) is 17.7 Å². The summed E-state index contributed by atoms with van der Waals surface area (Å²) >= 11 is 0. The number of sulfone groups is 1. The van der Waals surface area contributed by atoms with Crippen molar-refractivity contribution in [2.75, 3.05) is 5.75 Å². The molecule has 1 aromatic rings. The topological polar surface area (TPSA) is 62.8 Å². The van der Waals surface area contributed by atoms with Gasteiger partial charge in [-0.3, -0.25) is 5.10 Å². The molecule has 0 saturated carbocycles. The summed E-state index contributed by atoms with van der Waals surface area (Å²) in [6, 6.07) is 0. The molecule has 0 aliphatic carbocycles. The van der Waals surface area contributed by atoms with Gasteiger partial charge < -0.3 is 0 Å². The monoisotopic (exact) mass is 200 g/mol. The number of hydrogen-bond acceptors (Lipinski definition) is 3. The molecule has 0 fully saturated rings. The molecule has 1 N–H and O–H groups in total. The maximum absolute atomic E-state index is 11.3. The number of aromatic amines is 1. The number of hydrogen-bond donors (Lipinski definition) is 1. The predicted octanol–water partition coefficient (Wildman–Crippen LogP) is 0.443. The lowest BCUT2D eigenvalue weighted by molar-refractivity contribution is 0.591. The fraction of sp³-hybridized carbons (Fsp3) is 0.625. The van der Waals surface area contributed by atoms with Gasteiger partial charge in [-0.1, -0.05) is 6.92 Å². The molecule has 13 heavy (non-hydrogen) atoms. The number of rotatable bonds is 1. The van der Waals surface area contributed by atoms with Crippen molar-refractivity contribution in [1.29, 1.82) is 0 Å². The number of nitrogens with zero attached hydrogens (tertiary/aromatic N) is 1. The summed E-state index contributed by atoms with van der Waals surface area (Å²) < 4.78 is 22.7. The molecular weight excluding hydrogens is 188 g/mol. The van der Waals surface area contributed by atoms with Crippen molar-refractivity contribution in [3.05, 3.63) is 17.0 Å². The molecule has 2 heterocycles. The first kappa shape index (κ1) is 8.74. The molecule has 1 aliphatic rings. The molecule has 5 heteroatoms. The van der Waals surface area contributed by atoms with Crippen LogP contribution in [0, 0.1) is 0 Å². The van der Waals surface area contributed by atoms with Gasteiger partial charge in [-0.15, -0.1) is 0 Å². The zero-order valence-electron chi connectivity index (χ0n) is 7.50. The third-order valence-corrected chi connectivity index (χ3v) is 3.96. The molecule has 0 unspecified atom stereocenters. The van der Waals surface area contributed by atoms with Crippen LogP contribution in [-0.2, 0) is 28.4 Å². The highest BCUT2D eigenvalue weighted by atomic mass is 32.2. The molecule has 0 atom stereocenters. The largest absolute Gasteiger partial charge is 0.282 e. The van der Waals surface area contributed by atoms with Crippen molar-refractivity contribution in [1.82, 2.24) is 10.2 Å². The van der Waals surface area contributed by atoms with Gasteiger partial charge in [0.2, 0.25) is 0 Å². The van der Waals surface area contributed by atoms with E-state index in [-0.39, 0.29) is 11.5 Å². The average molecular weight is 200 g/mol. The van der Waals surface area contributed by atoms with Crippen molar-refractivity contribution >= 4 is 9.84 Å². The van der Waals surface area contributed by atoms with Crippen molar-refractivity contribution in [3.63, 3.8) is 0 Å². The summed E-state index contributed by atoms with van der Waals surface area (Å²) in [7, 11) is -2.86. The van der Waals surface area contributed by atoms with Crippen LogP contribution >= 0.6 is 0 Å². The first-order valence-corrected chi connectivity index (χ1v) is 6.20. The molecule has 1 aromatic heterocycles. The smallest absolute Gasteiger partial charge is 0.154 e. The Morgan fingerprint density at radius 1 is 1.54 bits per heavy atom. The second-order valence-electron chi connectivity index (χ2n) is 3.32. The van der Waals surface area contributed by atoms with Gasteiger partial charge in [-0.2, -0.15) is 5.10 Å². The summed E-state index contributed by atoms with van der Waals surface area (Å²) in [5.74, 6) is 0.424. The molecule has 0 amide bonds. The van der Waals surface area contributed by atoms with Crippen LogP contribution in [0.25, 0.3) is 0 Å². The van der Waals surface area contributed by atoms with E-state index in [0.29, 0.717) is 6.42 Å². The van der Waals surface area contributed by atoms with Gasteiger partial charge in [-0.25, -0.2) is 8.42 Å². The van der Waals surface area contributed by atoms with Gasteiger partial charge in [-0.05, 0) is 6.42 Å². The van der Waals surface area contributed by atoms with Crippen molar-refractivity contribution < 1.29 is 8.42 Å². The Balaban J connectivity index is 2.47. The second-order valence-corrected chi connectivity index (χ2v) is 5.51. The van der Waals surface area contributed by atoms with Crippen LogP contribution in [0.4, 0.5) is 0 Å².